The van der Waals surface area contributed by atoms with E-state index >= 15 is 0 Å². The summed E-state index contributed by atoms with van der Waals surface area (Å²) in [6.07, 6.45) is 0. The highest BCUT2D eigenvalue weighted by Gasteiger charge is 2.10. The summed E-state index contributed by atoms with van der Waals surface area (Å²) >= 11 is 0. The van der Waals surface area contributed by atoms with Crippen LogP contribution in [0.3, 0.4) is 0 Å². The van der Waals surface area contributed by atoms with Crippen molar-refractivity contribution in [2.45, 2.75) is 39.5 Å². The Morgan fingerprint density at radius 3 is 2.21 bits per heavy atom. The maximum atomic E-state index is 5.70. The Labute approximate surface area is 86.1 Å². The second kappa shape index (κ2) is 4.58. The maximum absolute atomic E-state index is 5.70. The summed E-state index contributed by atoms with van der Waals surface area (Å²) in [5.74, 6) is 0. The SMILES string of the molecule is CC(C)(C)OCc1ccccc1CN. The smallest absolute Gasteiger partial charge is 0.0727 e. The molecular formula is C12H19NO. The minimum Gasteiger partial charge on any atom is -0.371 e. The monoisotopic (exact) mass is 193 g/mol. The van der Waals surface area contributed by atoms with Crippen molar-refractivity contribution in [2.24, 2.45) is 5.73 Å². The quantitative estimate of drug-likeness (QED) is 0.800. The number of nitrogens with two attached hydrogens (primary N) is 1. The van der Waals surface area contributed by atoms with Gasteiger partial charge in [0, 0.05) is 6.54 Å². The first kappa shape index (κ1) is 11.2. The van der Waals surface area contributed by atoms with Crippen LogP contribution in [-0.2, 0) is 17.9 Å². The zero-order valence-corrected chi connectivity index (χ0v) is 9.21. The predicted molar refractivity (Wildman–Crippen MR) is 58.9 cm³/mol. The van der Waals surface area contributed by atoms with Crippen molar-refractivity contribution in [1.82, 2.24) is 0 Å². The second-order valence-corrected chi connectivity index (χ2v) is 4.37. The largest absolute Gasteiger partial charge is 0.371 e. The number of rotatable bonds is 3. The van der Waals surface area contributed by atoms with E-state index in [2.05, 4.69) is 26.8 Å². The van der Waals surface area contributed by atoms with E-state index < -0.39 is 0 Å². The first-order valence-electron chi connectivity index (χ1n) is 4.94. The summed E-state index contributed by atoms with van der Waals surface area (Å²) in [5, 5.41) is 0. The zero-order chi connectivity index (χ0) is 10.6. The van der Waals surface area contributed by atoms with Crippen LogP contribution in [0.5, 0.6) is 0 Å². The molecule has 0 spiro atoms. The zero-order valence-electron chi connectivity index (χ0n) is 9.21. The first-order chi connectivity index (χ1) is 6.53. The van der Waals surface area contributed by atoms with Gasteiger partial charge in [0.2, 0.25) is 0 Å². The van der Waals surface area contributed by atoms with Crippen LogP contribution < -0.4 is 5.73 Å². The van der Waals surface area contributed by atoms with Crippen molar-refractivity contribution >= 4 is 0 Å². The molecule has 0 fully saturated rings. The van der Waals surface area contributed by atoms with Gasteiger partial charge < -0.3 is 10.5 Å². The van der Waals surface area contributed by atoms with E-state index in [9.17, 15) is 0 Å². The van der Waals surface area contributed by atoms with Gasteiger partial charge in [0.1, 0.15) is 0 Å². The van der Waals surface area contributed by atoms with Gasteiger partial charge >= 0.3 is 0 Å². The lowest BCUT2D eigenvalue weighted by Crippen LogP contribution is -2.19. The Kier molecular flexibility index (Phi) is 3.67. The molecule has 0 aromatic heterocycles. The Morgan fingerprint density at radius 2 is 1.71 bits per heavy atom. The molecule has 0 aliphatic carbocycles. The van der Waals surface area contributed by atoms with E-state index in [0.717, 1.165) is 5.56 Å². The summed E-state index contributed by atoms with van der Waals surface area (Å²) < 4.78 is 5.70. The molecule has 0 saturated heterocycles. The maximum Gasteiger partial charge on any atom is 0.0727 e. The summed E-state index contributed by atoms with van der Waals surface area (Å²) in [5.41, 5.74) is 7.89. The number of hydrogen-bond acceptors (Lipinski definition) is 2. The van der Waals surface area contributed by atoms with Gasteiger partial charge in [-0.1, -0.05) is 24.3 Å². The molecule has 0 radical (unpaired) electrons. The van der Waals surface area contributed by atoms with Crippen molar-refractivity contribution in [3.05, 3.63) is 35.4 Å². The molecule has 0 atom stereocenters. The summed E-state index contributed by atoms with van der Waals surface area (Å²) in [6, 6.07) is 8.12. The molecule has 1 aromatic rings. The van der Waals surface area contributed by atoms with E-state index in [-0.39, 0.29) is 5.60 Å². The highest BCUT2D eigenvalue weighted by molar-refractivity contribution is 5.26. The molecule has 2 nitrogen and oxygen atoms in total. The van der Waals surface area contributed by atoms with Gasteiger partial charge in [-0.3, -0.25) is 0 Å². The third-order valence-electron chi connectivity index (χ3n) is 2.00. The minimum absolute atomic E-state index is 0.0955. The topological polar surface area (TPSA) is 35.2 Å². The molecule has 14 heavy (non-hydrogen) atoms. The van der Waals surface area contributed by atoms with Gasteiger partial charge in [0.25, 0.3) is 0 Å². The molecule has 0 unspecified atom stereocenters. The highest BCUT2D eigenvalue weighted by atomic mass is 16.5. The van der Waals surface area contributed by atoms with Crippen molar-refractivity contribution in [3.8, 4) is 0 Å². The molecular weight excluding hydrogens is 174 g/mol. The second-order valence-electron chi connectivity index (χ2n) is 4.37. The Balaban J connectivity index is 2.67. The van der Waals surface area contributed by atoms with Crippen LogP contribution in [0, 0.1) is 0 Å². The third kappa shape index (κ3) is 3.48. The van der Waals surface area contributed by atoms with Crippen molar-refractivity contribution < 1.29 is 4.74 Å². The van der Waals surface area contributed by atoms with Crippen LogP contribution in [0.15, 0.2) is 24.3 Å². The molecule has 1 rings (SSSR count). The van der Waals surface area contributed by atoms with Crippen LogP contribution in [0.2, 0.25) is 0 Å². The Morgan fingerprint density at radius 1 is 1.14 bits per heavy atom. The van der Waals surface area contributed by atoms with Crippen LogP contribution in [0.4, 0.5) is 0 Å². The molecule has 2 heteroatoms. The first-order valence-corrected chi connectivity index (χ1v) is 4.94. The minimum atomic E-state index is -0.0955. The number of hydrogen-bond donors (Lipinski definition) is 1. The van der Waals surface area contributed by atoms with E-state index in [1.54, 1.807) is 0 Å². The number of ether oxygens (including phenoxy) is 1. The van der Waals surface area contributed by atoms with Crippen LogP contribution in [0.25, 0.3) is 0 Å². The van der Waals surface area contributed by atoms with E-state index in [4.69, 9.17) is 10.5 Å². The van der Waals surface area contributed by atoms with Crippen molar-refractivity contribution in [3.63, 3.8) is 0 Å². The molecule has 0 bridgehead atoms. The molecule has 0 heterocycles. The predicted octanol–water partition coefficient (Wildman–Crippen LogP) is 2.46. The van der Waals surface area contributed by atoms with E-state index in [1.165, 1.54) is 5.56 Å². The van der Waals surface area contributed by atoms with Crippen molar-refractivity contribution in [1.29, 1.82) is 0 Å². The van der Waals surface area contributed by atoms with Gasteiger partial charge in [-0.25, -0.2) is 0 Å². The lowest BCUT2D eigenvalue weighted by atomic mass is 10.1. The molecule has 1 aromatic carbocycles. The summed E-state index contributed by atoms with van der Waals surface area (Å²) in [4.78, 5) is 0. The molecule has 2 N–H and O–H groups in total. The van der Waals surface area contributed by atoms with Gasteiger partial charge in [-0.2, -0.15) is 0 Å². The highest BCUT2D eigenvalue weighted by Crippen LogP contribution is 2.14. The molecule has 78 valence electrons. The fourth-order valence-electron chi connectivity index (χ4n) is 1.19. The fourth-order valence-corrected chi connectivity index (χ4v) is 1.19. The van der Waals surface area contributed by atoms with Crippen LogP contribution >= 0.6 is 0 Å². The van der Waals surface area contributed by atoms with Crippen LogP contribution in [0.1, 0.15) is 31.9 Å². The lowest BCUT2D eigenvalue weighted by molar-refractivity contribution is -0.0152. The summed E-state index contributed by atoms with van der Waals surface area (Å²) in [7, 11) is 0. The number of benzene rings is 1. The van der Waals surface area contributed by atoms with Gasteiger partial charge in [-0.05, 0) is 31.9 Å². The standard InChI is InChI=1S/C12H19NO/c1-12(2,3)14-9-11-7-5-4-6-10(11)8-13/h4-7H,8-9,13H2,1-3H3. The Hall–Kier alpha value is -0.860. The molecule has 0 aliphatic heterocycles. The molecule has 0 amide bonds. The van der Waals surface area contributed by atoms with Gasteiger partial charge in [-0.15, -0.1) is 0 Å². The average molecular weight is 193 g/mol. The lowest BCUT2D eigenvalue weighted by Gasteiger charge is -2.20. The third-order valence-corrected chi connectivity index (χ3v) is 2.00. The van der Waals surface area contributed by atoms with E-state index in [1.807, 2.05) is 18.2 Å². The summed E-state index contributed by atoms with van der Waals surface area (Å²) in [6.45, 7) is 7.37. The van der Waals surface area contributed by atoms with Gasteiger partial charge in [0.05, 0.1) is 12.2 Å². The van der Waals surface area contributed by atoms with Crippen molar-refractivity contribution in [2.75, 3.05) is 0 Å². The normalized spacial score (nSPS) is 11.7. The molecule has 0 aliphatic rings. The Bertz CT molecular complexity index is 289. The molecule has 0 saturated carbocycles. The fraction of sp³-hybridized carbons (Fsp3) is 0.500. The van der Waals surface area contributed by atoms with E-state index in [0.29, 0.717) is 13.2 Å². The van der Waals surface area contributed by atoms with Gasteiger partial charge in [0.15, 0.2) is 0 Å². The average Bonchev–Trinajstić information content (AvgIpc) is 2.14. The van der Waals surface area contributed by atoms with Crippen LogP contribution in [-0.4, -0.2) is 5.60 Å².